The van der Waals surface area contributed by atoms with Gasteiger partial charge in [0.15, 0.2) is 16.6 Å². The van der Waals surface area contributed by atoms with Crippen molar-refractivity contribution in [2.75, 3.05) is 25.1 Å². The Hall–Kier alpha value is -3.21. The van der Waals surface area contributed by atoms with Gasteiger partial charge in [-0.2, -0.15) is 0 Å². The van der Waals surface area contributed by atoms with Gasteiger partial charge in [0.25, 0.3) is 0 Å². The second-order valence-electron chi connectivity index (χ2n) is 7.64. The third-order valence-corrected chi connectivity index (χ3v) is 6.19. The Labute approximate surface area is 216 Å². The van der Waals surface area contributed by atoms with Crippen LogP contribution in [0.5, 0.6) is 17.2 Å². The molecule has 0 saturated carbocycles. The maximum atomic E-state index is 12.6. The summed E-state index contributed by atoms with van der Waals surface area (Å²) in [5.41, 5.74) is 8.25. The number of nitrogens with two attached hydrogens (primary N) is 1. The molecule has 0 aliphatic carbocycles. The monoisotopic (exact) mass is 539 g/mol. The average Bonchev–Trinajstić information content (AvgIpc) is 3.26. The average molecular weight is 540 g/mol. The van der Waals surface area contributed by atoms with Gasteiger partial charge in [-0.3, -0.25) is 0 Å². The largest absolute Gasteiger partial charge is 0.573 e. The predicted octanol–water partition coefficient (Wildman–Crippen LogP) is 6.17. The Morgan fingerprint density at radius 3 is 2.44 bits per heavy atom. The highest BCUT2D eigenvalue weighted by molar-refractivity contribution is 7.22. The first-order chi connectivity index (χ1) is 16.8. The molecule has 36 heavy (non-hydrogen) atoms. The summed E-state index contributed by atoms with van der Waals surface area (Å²) in [6, 6.07) is 19.7. The van der Waals surface area contributed by atoms with Gasteiger partial charge in [0.05, 0.1) is 17.3 Å². The van der Waals surface area contributed by atoms with Crippen molar-refractivity contribution in [2.24, 2.45) is 5.73 Å². The molecule has 0 aliphatic heterocycles. The number of methoxy groups -OCH3 is 1. The first kappa shape index (κ1) is 27.4. The molecule has 11 heteroatoms. The van der Waals surface area contributed by atoms with Crippen molar-refractivity contribution in [1.82, 2.24) is 4.98 Å². The first-order valence-electron chi connectivity index (χ1n) is 10.8. The van der Waals surface area contributed by atoms with Crippen LogP contribution in [0.1, 0.15) is 11.1 Å². The number of benzene rings is 3. The van der Waals surface area contributed by atoms with Crippen LogP contribution in [0.2, 0.25) is 0 Å². The Bertz CT molecular complexity index is 1270. The number of alkyl halides is 3. The van der Waals surface area contributed by atoms with E-state index < -0.39 is 6.36 Å². The fraction of sp³-hybridized carbons (Fsp3) is 0.240. The molecular weight excluding hydrogens is 515 g/mol. The number of fused-ring (bicyclic) bond motifs is 1. The lowest BCUT2D eigenvalue weighted by Gasteiger charge is -2.22. The molecule has 0 saturated heterocycles. The van der Waals surface area contributed by atoms with Crippen LogP contribution in [0.3, 0.4) is 0 Å². The van der Waals surface area contributed by atoms with Gasteiger partial charge >= 0.3 is 6.36 Å². The van der Waals surface area contributed by atoms with Crippen molar-refractivity contribution in [2.45, 2.75) is 19.5 Å². The lowest BCUT2D eigenvalue weighted by molar-refractivity contribution is -0.274. The van der Waals surface area contributed by atoms with E-state index in [2.05, 4.69) is 9.72 Å². The van der Waals surface area contributed by atoms with Crippen molar-refractivity contribution >= 4 is 39.1 Å². The van der Waals surface area contributed by atoms with Crippen molar-refractivity contribution in [1.29, 1.82) is 0 Å². The van der Waals surface area contributed by atoms with Crippen LogP contribution in [-0.2, 0) is 13.2 Å². The van der Waals surface area contributed by atoms with Crippen molar-refractivity contribution < 1.29 is 27.4 Å². The minimum absolute atomic E-state index is 0. The Morgan fingerprint density at radius 1 is 0.972 bits per heavy atom. The molecule has 0 radical (unpaired) electrons. The molecule has 0 atom stereocenters. The molecule has 0 unspecified atom stereocenters. The highest BCUT2D eigenvalue weighted by atomic mass is 35.5. The van der Waals surface area contributed by atoms with E-state index in [0.717, 1.165) is 15.8 Å². The molecule has 4 aromatic rings. The number of rotatable bonds is 10. The first-order valence-corrected chi connectivity index (χ1v) is 11.6. The molecule has 192 valence electrons. The lowest BCUT2D eigenvalue weighted by Crippen LogP contribution is -2.28. The second-order valence-corrected chi connectivity index (χ2v) is 8.65. The summed E-state index contributed by atoms with van der Waals surface area (Å²) in [5.74, 6) is 0.926. The molecule has 3 aromatic carbocycles. The zero-order chi connectivity index (χ0) is 24.8. The summed E-state index contributed by atoms with van der Waals surface area (Å²) in [5, 5.41) is 0.651. The van der Waals surface area contributed by atoms with E-state index in [9.17, 15) is 13.2 Å². The number of hydrogen-bond donors (Lipinski definition) is 1. The minimum atomic E-state index is -4.76. The van der Waals surface area contributed by atoms with Gasteiger partial charge < -0.3 is 24.8 Å². The summed E-state index contributed by atoms with van der Waals surface area (Å²) >= 11 is 1.38. The molecule has 6 nitrogen and oxygen atoms in total. The molecule has 0 amide bonds. The molecule has 0 bridgehead atoms. The van der Waals surface area contributed by atoms with E-state index >= 15 is 0 Å². The Kier molecular flexibility index (Phi) is 9.25. The van der Waals surface area contributed by atoms with Gasteiger partial charge in [-0.1, -0.05) is 47.7 Å². The number of anilines is 1. The maximum absolute atomic E-state index is 12.6. The van der Waals surface area contributed by atoms with Gasteiger partial charge in [-0.25, -0.2) is 4.98 Å². The highest BCUT2D eigenvalue weighted by Crippen LogP contribution is 2.34. The molecule has 0 fully saturated rings. The zero-order valence-electron chi connectivity index (χ0n) is 19.3. The van der Waals surface area contributed by atoms with Gasteiger partial charge in [0.2, 0.25) is 0 Å². The smallest absolute Gasteiger partial charge is 0.493 e. The second kappa shape index (κ2) is 12.2. The molecule has 4 rings (SSSR count). The van der Waals surface area contributed by atoms with E-state index in [-0.39, 0.29) is 18.2 Å². The van der Waals surface area contributed by atoms with Crippen LogP contribution < -0.4 is 24.8 Å². The number of halogens is 4. The summed E-state index contributed by atoms with van der Waals surface area (Å²) in [4.78, 5) is 6.51. The number of aromatic nitrogens is 1. The van der Waals surface area contributed by atoms with E-state index in [4.69, 9.17) is 15.2 Å². The summed E-state index contributed by atoms with van der Waals surface area (Å²) in [6.45, 7) is 1.80. The Morgan fingerprint density at radius 2 is 1.75 bits per heavy atom. The molecule has 1 heterocycles. The van der Waals surface area contributed by atoms with Crippen LogP contribution in [-0.4, -0.2) is 31.5 Å². The normalized spacial score (nSPS) is 11.1. The number of hydrogen-bond acceptors (Lipinski definition) is 7. The van der Waals surface area contributed by atoms with Crippen molar-refractivity contribution in [3.63, 3.8) is 0 Å². The SMILES string of the molecule is COc1cc(CN(CCN)c2nc3cc(OC(F)(F)F)ccc3s2)ccc1OCc1ccccc1.Cl. The van der Waals surface area contributed by atoms with Gasteiger partial charge in [0, 0.05) is 25.7 Å². The van der Waals surface area contributed by atoms with Crippen LogP contribution >= 0.6 is 23.7 Å². The van der Waals surface area contributed by atoms with Gasteiger partial charge in [-0.05, 0) is 35.4 Å². The van der Waals surface area contributed by atoms with Gasteiger partial charge in [0.1, 0.15) is 12.4 Å². The van der Waals surface area contributed by atoms with E-state index in [1.54, 1.807) is 13.2 Å². The van der Waals surface area contributed by atoms with Crippen LogP contribution in [0, 0.1) is 0 Å². The van der Waals surface area contributed by atoms with Crippen molar-refractivity contribution in [3.8, 4) is 17.2 Å². The fourth-order valence-corrected chi connectivity index (χ4v) is 4.48. The van der Waals surface area contributed by atoms with Crippen LogP contribution in [0.25, 0.3) is 10.2 Å². The van der Waals surface area contributed by atoms with Crippen LogP contribution in [0.4, 0.5) is 18.3 Å². The Balaban J connectivity index is 0.00000361. The number of nitrogens with zero attached hydrogens (tertiary/aromatic N) is 2. The lowest BCUT2D eigenvalue weighted by atomic mass is 10.2. The van der Waals surface area contributed by atoms with Gasteiger partial charge in [-0.15, -0.1) is 25.6 Å². The fourth-order valence-electron chi connectivity index (χ4n) is 3.51. The summed E-state index contributed by atoms with van der Waals surface area (Å²) in [7, 11) is 1.58. The third-order valence-electron chi connectivity index (χ3n) is 5.09. The van der Waals surface area contributed by atoms with E-state index in [1.807, 2.05) is 53.4 Å². The molecular formula is C25H25ClF3N3O3S. The topological polar surface area (TPSA) is 69.8 Å². The molecule has 1 aromatic heterocycles. The zero-order valence-corrected chi connectivity index (χ0v) is 21.0. The summed E-state index contributed by atoms with van der Waals surface area (Å²) < 4.78 is 53.9. The number of thiazole rings is 1. The van der Waals surface area contributed by atoms with Crippen LogP contribution in [0.15, 0.2) is 66.7 Å². The van der Waals surface area contributed by atoms with Crippen molar-refractivity contribution in [3.05, 3.63) is 77.9 Å². The van der Waals surface area contributed by atoms with E-state index in [1.165, 1.54) is 23.5 Å². The molecule has 0 aliphatic rings. The van der Waals surface area contributed by atoms with E-state index in [0.29, 0.717) is 48.4 Å². The summed E-state index contributed by atoms with van der Waals surface area (Å²) in [6.07, 6.45) is -4.76. The minimum Gasteiger partial charge on any atom is -0.493 e. The quantitative estimate of drug-likeness (QED) is 0.260. The third kappa shape index (κ3) is 7.16. The molecule has 2 N–H and O–H groups in total. The number of ether oxygens (including phenoxy) is 3. The maximum Gasteiger partial charge on any atom is 0.573 e. The highest BCUT2D eigenvalue weighted by Gasteiger charge is 2.31. The standard InChI is InChI=1S/C25H24F3N3O3S.ClH/c1-32-22-13-18(7-9-21(22)33-16-17-5-3-2-4-6-17)15-31(12-11-29)24-30-20-14-19(34-25(26,27)28)8-10-23(20)35-24;/h2-10,13-14H,11-12,15-16,29H2,1H3;1H. The molecule has 0 spiro atoms. The predicted molar refractivity (Wildman–Crippen MR) is 137 cm³/mol.